The molecule has 1 aliphatic heterocycles. The first kappa shape index (κ1) is 22.8. The van der Waals surface area contributed by atoms with Crippen LogP contribution in [0.3, 0.4) is 0 Å². The van der Waals surface area contributed by atoms with E-state index >= 15 is 0 Å². The Morgan fingerprint density at radius 3 is 2.44 bits per heavy atom. The number of amides is 1. The Kier molecular flexibility index (Phi) is 6.25. The molecular weight excluding hydrogens is 442 g/mol. The number of carboxylic acid groups (broad SMARTS) is 1. The largest absolute Gasteiger partial charge is 0.481 e. The predicted octanol–water partition coefficient (Wildman–Crippen LogP) is 5.27. The number of carbonyl (C=O) groups is 2. The first-order valence-electron chi connectivity index (χ1n) is 11.9. The molecule has 0 spiro atoms. The van der Waals surface area contributed by atoms with Gasteiger partial charge in [-0.15, -0.1) is 0 Å². The van der Waals surface area contributed by atoms with E-state index in [4.69, 9.17) is 9.84 Å². The van der Waals surface area contributed by atoms with Gasteiger partial charge in [-0.25, -0.2) is 13.6 Å². The summed E-state index contributed by atoms with van der Waals surface area (Å²) in [5.74, 6) is -2.73. The highest BCUT2D eigenvalue weighted by Crippen LogP contribution is 2.54. The molecule has 0 aromatic heterocycles. The highest BCUT2D eigenvalue weighted by Gasteiger charge is 2.53. The lowest BCUT2D eigenvalue weighted by atomic mass is 9.68. The molecule has 8 heteroatoms. The molecule has 2 fully saturated rings. The van der Waals surface area contributed by atoms with Gasteiger partial charge in [-0.1, -0.05) is 30.3 Å². The summed E-state index contributed by atoms with van der Waals surface area (Å²) in [6, 6.07) is 11.6. The van der Waals surface area contributed by atoms with Crippen LogP contribution in [0.15, 0.2) is 42.5 Å². The normalized spacial score (nSPS) is 23.1. The first-order chi connectivity index (χ1) is 16.4. The fraction of sp³-hybridized carbons (Fsp3) is 0.462. The van der Waals surface area contributed by atoms with Gasteiger partial charge >= 0.3 is 12.1 Å². The second-order valence-corrected chi connectivity index (χ2v) is 9.45. The lowest BCUT2D eigenvalue weighted by molar-refractivity contribution is -0.137. The number of aliphatic carboxylic acids is 1. The predicted molar refractivity (Wildman–Crippen MR) is 121 cm³/mol. The van der Waals surface area contributed by atoms with Crippen molar-refractivity contribution in [3.05, 3.63) is 65.2 Å². The smallest absolute Gasteiger partial charge is 0.414 e. The molecule has 2 saturated carbocycles. The van der Waals surface area contributed by atoms with Crippen molar-refractivity contribution in [3.8, 4) is 0 Å². The lowest BCUT2D eigenvalue weighted by Crippen LogP contribution is -2.58. The maximum Gasteiger partial charge on any atom is 0.414 e. The molecule has 2 aromatic carbocycles. The zero-order chi connectivity index (χ0) is 23.8. The van der Waals surface area contributed by atoms with Crippen LogP contribution in [0.4, 0.5) is 19.3 Å². The van der Waals surface area contributed by atoms with Crippen LogP contribution in [0, 0.1) is 17.6 Å². The van der Waals surface area contributed by atoms with Crippen molar-refractivity contribution in [1.29, 1.82) is 0 Å². The summed E-state index contributed by atoms with van der Waals surface area (Å²) in [7, 11) is 0. The minimum absolute atomic E-state index is 0.0621. The summed E-state index contributed by atoms with van der Waals surface area (Å²) in [5.41, 5.74) is 1.78. The molecule has 1 heterocycles. The fourth-order valence-electron chi connectivity index (χ4n) is 5.42. The molecule has 3 atom stereocenters. The maximum absolute atomic E-state index is 14.5. The van der Waals surface area contributed by atoms with E-state index in [0.717, 1.165) is 37.3 Å². The Hall–Kier alpha value is -3.00. The van der Waals surface area contributed by atoms with E-state index in [1.54, 1.807) is 0 Å². The second kappa shape index (κ2) is 9.33. The molecule has 3 aliphatic rings. The maximum atomic E-state index is 14.5. The van der Waals surface area contributed by atoms with Gasteiger partial charge in [0.15, 0.2) is 11.6 Å². The van der Waals surface area contributed by atoms with Crippen LogP contribution in [0.1, 0.15) is 55.7 Å². The molecule has 2 aromatic rings. The molecule has 1 N–H and O–H groups in total. The van der Waals surface area contributed by atoms with Gasteiger partial charge in [-0.3, -0.25) is 14.6 Å². The van der Waals surface area contributed by atoms with Crippen LogP contribution in [0.5, 0.6) is 0 Å². The van der Waals surface area contributed by atoms with Crippen molar-refractivity contribution in [2.24, 2.45) is 5.92 Å². The number of hydrogen-bond donors (Lipinski definition) is 1. The summed E-state index contributed by atoms with van der Waals surface area (Å²) in [4.78, 5) is 28.0. The lowest BCUT2D eigenvalue weighted by Gasteiger charge is -2.54. The van der Waals surface area contributed by atoms with Gasteiger partial charge in [0.2, 0.25) is 0 Å². The molecule has 1 amide bonds. The number of fused-ring (bicyclic) bond motifs is 2. The summed E-state index contributed by atoms with van der Waals surface area (Å²) in [6.45, 7) is 0.668. The Bertz CT molecular complexity index is 1080. The minimum atomic E-state index is -1.00. The third-order valence-corrected chi connectivity index (χ3v) is 7.26. The number of halogens is 2. The van der Waals surface area contributed by atoms with Gasteiger partial charge in [0.1, 0.15) is 6.61 Å². The zero-order valence-electron chi connectivity index (χ0n) is 18.8. The van der Waals surface area contributed by atoms with Crippen LogP contribution < -0.4 is 4.90 Å². The summed E-state index contributed by atoms with van der Waals surface area (Å²) in [6.07, 6.45) is 3.61. The number of benzene rings is 2. The van der Waals surface area contributed by atoms with Crippen molar-refractivity contribution in [1.82, 2.24) is 4.90 Å². The highest BCUT2D eigenvalue weighted by molar-refractivity contribution is 5.90. The fourth-order valence-corrected chi connectivity index (χ4v) is 5.42. The third kappa shape index (κ3) is 4.39. The Morgan fingerprint density at radius 2 is 1.79 bits per heavy atom. The summed E-state index contributed by atoms with van der Waals surface area (Å²) >= 11 is 0. The topological polar surface area (TPSA) is 70.1 Å². The average molecular weight is 471 g/mol. The number of anilines is 1. The monoisotopic (exact) mass is 470 g/mol. The van der Waals surface area contributed by atoms with Gasteiger partial charge in [-0.2, -0.15) is 0 Å². The Morgan fingerprint density at radius 1 is 1.06 bits per heavy atom. The summed E-state index contributed by atoms with van der Waals surface area (Å²) < 4.78 is 34.4. The number of hydrogen-bond acceptors (Lipinski definition) is 4. The summed E-state index contributed by atoms with van der Waals surface area (Å²) in [5, 5.41) is 9.08. The van der Waals surface area contributed by atoms with E-state index in [1.165, 1.54) is 11.0 Å². The molecule has 3 unspecified atom stereocenters. The van der Waals surface area contributed by atoms with Crippen molar-refractivity contribution >= 4 is 17.7 Å². The molecule has 0 bridgehead atoms. The van der Waals surface area contributed by atoms with Gasteiger partial charge in [0.25, 0.3) is 0 Å². The van der Waals surface area contributed by atoms with E-state index in [9.17, 15) is 18.4 Å². The van der Waals surface area contributed by atoms with Gasteiger partial charge < -0.3 is 9.84 Å². The number of nitrogens with zero attached hydrogens (tertiary/aromatic N) is 2. The van der Waals surface area contributed by atoms with Crippen LogP contribution in [-0.4, -0.2) is 40.7 Å². The molecular formula is C26H28F2N2O4. The Labute approximate surface area is 197 Å². The standard InChI is InChI=1S/C26H28F2N2O4/c27-20-13-19-23(14-21(20)28)30(26(33)34-15-16-5-2-1-3-6-16)22-11-10-18(22)25(19)29(17-8-9-17)12-4-7-24(31)32/h1-3,5-6,13-14,17-18,22,25H,4,7-12,15H2,(H,31,32). The van der Waals surface area contributed by atoms with E-state index in [0.29, 0.717) is 30.3 Å². The first-order valence-corrected chi connectivity index (χ1v) is 11.9. The minimum Gasteiger partial charge on any atom is -0.481 e. The van der Waals surface area contributed by atoms with Crippen molar-refractivity contribution in [2.75, 3.05) is 11.4 Å². The molecule has 0 radical (unpaired) electrons. The zero-order valence-corrected chi connectivity index (χ0v) is 18.8. The van der Waals surface area contributed by atoms with Crippen LogP contribution >= 0.6 is 0 Å². The van der Waals surface area contributed by atoms with E-state index in [1.807, 2.05) is 30.3 Å². The van der Waals surface area contributed by atoms with Crippen LogP contribution in [-0.2, 0) is 16.1 Å². The van der Waals surface area contributed by atoms with Gasteiger partial charge in [-0.05, 0) is 61.8 Å². The molecule has 34 heavy (non-hydrogen) atoms. The molecule has 5 rings (SSSR count). The number of rotatable bonds is 8. The average Bonchev–Trinajstić information content (AvgIpc) is 3.63. The van der Waals surface area contributed by atoms with Crippen molar-refractivity contribution < 1.29 is 28.2 Å². The number of carbonyl (C=O) groups excluding carboxylic acids is 1. The van der Waals surface area contributed by atoms with Gasteiger partial charge in [0, 0.05) is 30.6 Å². The molecule has 6 nitrogen and oxygen atoms in total. The van der Waals surface area contributed by atoms with Crippen LogP contribution in [0.25, 0.3) is 0 Å². The second-order valence-electron chi connectivity index (χ2n) is 9.45. The van der Waals surface area contributed by atoms with E-state index in [-0.39, 0.29) is 31.0 Å². The quantitative estimate of drug-likeness (QED) is 0.569. The third-order valence-electron chi connectivity index (χ3n) is 7.26. The van der Waals surface area contributed by atoms with Gasteiger partial charge in [0.05, 0.1) is 5.69 Å². The molecule has 180 valence electrons. The molecule has 2 aliphatic carbocycles. The number of carboxylic acids is 1. The Balaban J connectivity index is 1.45. The van der Waals surface area contributed by atoms with Crippen molar-refractivity contribution in [2.45, 2.75) is 63.3 Å². The molecule has 0 saturated heterocycles. The van der Waals surface area contributed by atoms with E-state index < -0.39 is 23.7 Å². The van der Waals surface area contributed by atoms with E-state index in [2.05, 4.69) is 4.90 Å². The van der Waals surface area contributed by atoms with Crippen LogP contribution in [0.2, 0.25) is 0 Å². The SMILES string of the molecule is O=C(O)CCCN(C1CC1)C1c2cc(F)c(F)cc2N(C(=O)OCc2ccccc2)C2CCC21. The highest BCUT2D eigenvalue weighted by atomic mass is 19.2. The number of ether oxygens (including phenoxy) is 1. The van der Waals surface area contributed by atoms with Crippen molar-refractivity contribution in [3.63, 3.8) is 0 Å².